The zero-order chi connectivity index (χ0) is 14.5. The molecule has 1 amide bonds. The summed E-state index contributed by atoms with van der Waals surface area (Å²) in [6.45, 7) is 4.00. The summed E-state index contributed by atoms with van der Waals surface area (Å²) in [5.74, 6) is -0.160. The highest BCUT2D eigenvalue weighted by Crippen LogP contribution is 2.15. The van der Waals surface area contributed by atoms with Crippen LogP contribution in [0.4, 0.5) is 0 Å². The van der Waals surface area contributed by atoms with Crippen molar-refractivity contribution in [1.82, 2.24) is 10.2 Å². The Morgan fingerprint density at radius 3 is 2.85 bits per heavy atom. The van der Waals surface area contributed by atoms with Crippen molar-refractivity contribution in [3.8, 4) is 0 Å². The van der Waals surface area contributed by atoms with Crippen molar-refractivity contribution in [2.24, 2.45) is 0 Å². The summed E-state index contributed by atoms with van der Waals surface area (Å²) < 4.78 is 0.778. The van der Waals surface area contributed by atoms with Crippen LogP contribution in [-0.2, 0) is 0 Å². The average Bonchev–Trinajstić information content (AvgIpc) is 2.64. The molecule has 1 atom stereocenters. The topological polar surface area (TPSA) is 36.8 Å². The Balaban J connectivity index is 1.97. The molecule has 1 heterocycles. The minimum atomic E-state index is -0.160. The van der Waals surface area contributed by atoms with Crippen LogP contribution in [0.25, 0.3) is 0 Å². The average molecular weight is 357 g/mol. The van der Waals surface area contributed by atoms with Crippen LogP contribution in [-0.4, -0.2) is 49.1 Å². The number of hydrogen-bond donors (Lipinski definition) is 2. The highest BCUT2D eigenvalue weighted by molar-refractivity contribution is 9.10. The fraction of sp³-hybridized carbons (Fsp3) is 0.429. The van der Waals surface area contributed by atoms with Crippen molar-refractivity contribution < 1.29 is 9.69 Å². The molecule has 20 heavy (non-hydrogen) atoms. The van der Waals surface area contributed by atoms with Crippen molar-refractivity contribution in [3.63, 3.8) is 0 Å². The number of rotatable bonds is 1. The van der Waals surface area contributed by atoms with Crippen molar-refractivity contribution in [3.05, 3.63) is 34.3 Å². The van der Waals surface area contributed by atoms with Gasteiger partial charge in [0.25, 0.3) is 5.91 Å². The van der Waals surface area contributed by atoms with E-state index in [9.17, 15) is 4.79 Å². The molecule has 1 aliphatic heterocycles. The number of halogens is 1. The van der Waals surface area contributed by atoms with Gasteiger partial charge < -0.3 is 9.80 Å². The normalized spacial score (nSPS) is 19.3. The number of benzene rings is 1. The second-order valence-corrected chi connectivity index (χ2v) is 6.28. The van der Waals surface area contributed by atoms with Crippen LogP contribution in [0, 0.1) is 0 Å². The highest BCUT2D eigenvalue weighted by Gasteiger charge is 2.19. The van der Waals surface area contributed by atoms with Crippen LogP contribution >= 0.6 is 28.1 Å². The van der Waals surface area contributed by atoms with Gasteiger partial charge in [0.2, 0.25) is 0 Å². The first-order chi connectivity index (χ1) is 9.58. The van der Waals surface area contributed by atoms with Gasteiger partial charge in [-0.2, -0.15) is 0 Å². The maximum atomic E-state index is 12.2. The summed E-state index contributed by atoms with van der Waals surface area (Å²) in [5.41, 5.74) is 0.604. The largest absolute Gasteiger partial charge is 0.343 e. The van der Waals surface area contributed by atoms with E-state index in [-0.39, 0.29) is 5.91 Å². The predicted molar refractivity (Wildman–Crippen MR) is 87.0 cm³/mol. The predicted octanol–water partition coefficient (Wildman–Crippen LogP) is 0.684. The third-order valence-corrected chi connectivity index (χ3v) is 4.52. The lowest BCUT2D eigenvalue weighted by Crippen LogP contribution is -3.09. The Kier molecular flexibility index (Phi) is 5.51. The number of quaternary nitrogens is 1. The number of carbonyl (C=O) groups is 1. The van der Waals surface area contributed by atoms with Crippen LogP contribution < -0.4 is 10.2 Å². The Morgan fingerprint density at radius 1 is 1.35 bits per heavy atom. The second kappa shape index (κ2) is 7.15. The molecule has 1 unspecified atom stereocenters. The number of likely N-dealkylation sites (N-methyl/N-ethyl adjacent to an activating group) is 1. The Bertz CT molecular complexity index is 509. The van der Waals surface area contributed by atoms with E-state index in [0.717, 1.165) is 37.1 Å². The molecule has 1 aliphatic rings. The standard InChI is InChI=1S/C14H18BrN3OS/c1-17-7-4-8-18(10-9-17)14(20)16-13(19)11-5-2-3-6-12(11)15/h2-3,5-6H,4,7-10H2,1H3,(H,16,19,20)/p+1. The summed E-state index contributed by atoms with van der Waals surface area (Å²) in [6.07, 6.45) is 1.09. The first kappa shape index (κ1) is 15.4. The van der Waals surface area contributed by atoms with Crippen LogP contribution in [0.2, 0.25) is 0 Å². The lowest BCUT2D eigenvalue weighted by Gasteiger charge is -2.22. The minimum Gasteiger partial charge on any atom is -0.343 e. The first-order valence-corrected chi connectivity index (χ1v) is 7.94. The molecule has 0 saturated carbocycles. The minimum absolute atomic E-state index is 0.160. The summed E-state index contributed by atoms with van der Waals surface area (Å²) in [7, 11) is 2.19. The van der Waals surface area contributed by atoms with E-state index in [0.29, 0.717) is 10.7 Å². The summed E-state index contributed by atoms with van der Waals surface area (Å²) >= 11 is 8.74. The molecule has 2 N–H and O–H groups in total. The fourth-order valence-corrected chi connectivity index (χ4v) is 2.97. The Hall–Kier alpha value is -0.980. The van der Waals surface area contributed by atoms with Gasteiger partial charge in [-0.1, -0.05) is 12.1 Å². The molecule has 6 heteroatoms. The molecule has 0 bridgehead atoms. The number of thiocarbonyl (C=S) groups is 1. The molecule has 0 aliphatic carbocycles. The Labute approximate surface area is 133 Å². The zero-order valence-electron chi connectivity index (χ0n) is 11.5. The van der Waals surface area contributed by atoms with E-state index in [2.05, 4.69) is 33.2 Å². The molecule has 1 fully saturated rings. The van der Waals surface area contributed by atoms with Crippen molar-refractivity contribution in [2.75, 3.05) is 33.2 Å². The fourth-order valence-electron chi connectivity index (χ4n) is 2.23. The van der Waals surface area contributed by atoms with Gasteiger partial charge in [-0.05, 0) is 40.3 Å². The highest BCUT2D eigenvalue weighted by atomic mass is 79.9. The molecular weight excluding hydrogens is 338 g/mol. The monoisotopic (exact) mass is 356 g/mol. The lowest BCUT2D eigenvalue weighted by atomic mass is 10.2. The molecule has 1 aromatic carbocycles. The van der Waals surface area contributed by atoms with Crippen LogP contribution in [0.3, 0.4) is 0 Å². The van der Waals surface area contributed by atoms with Crippen molar-refractivity contribution >= 4 is 39.2 Å². The quantitative estimate of drug-likeness (QED) is 0.726. The van der Waals surface area contributed by atoms with E-state index in [4.69, 9.17) is 12.2 Å². The lowest BCUT2D eigenvalue weighted by molar-refractivity contribution is -0.877. The summed E-state index contributed by atoms with van der Waals surface area (Å²) in [5, 5.41) is 3.36. The number of nitrogens with zero attached hydrogens (tertiary/aromatic N) is 1. The van der Waals surface area contributed by atoms with Gasteiger partial charge in [0, 0.05) is 17.4 Å². The van der Waals surface area contributed by atoms with E-state index in [1.807, 2.05) is 18.2 Å². The number of amides is 1. The molecule has 0 radical (unpaired) electrons. The molecule has 4 nitrogen and oxygen atoms in total. The zero-order valence-corrected chi connectivity index (χ0v) is 13.9. The molecule has 0 spiro atoms. The van der Waals surface area contributed by atoms with Crippen LogP contribution in [0.5, 0.6) is 0 Å². The summed E-state index contributed by atoms with van der Waals surface area (Å²) in [6, 6.07) is 7.35. The molecule has 2 rings (SSSR count). The molecule has 0 aromatic heterocycles. The smallest absolute Gasteiger partial charge is 0.258 e. The molecule has 1 aromatic rings. The molecule has 1 saturated heterocycles. The van der Waals surface area contributed by atoms with Crippen LogP contribution in [0.15, 0.2) is 28.7 Å². The SMILES string of the molecule is C[NH+]1CCCN(C(=S)NC(=O)c2ccccc2Br)CC1. The molecule has 108 valence electrons. The first-order valence-electron chi connectivity index (χ1n) is 6.74. The van der Waals surface area contributed by atoms with E-state index < -0.39 is 0 Å². The number of nitrogens with one attached hydrogen (secondary N) is 2. The number of carbonyl (C=O) groups excluding carboxylic acids is 1. The van der Waals surface area contributed by atoms with Gasteiger partial charge in [0.1, 0.15) is 0 Å². The third-order valence-electron chi connectivity index (χ3n) is 3.47. The van der Waals surface area contributed by atoms with Gasteiger partial charge >= 0.3 is 0 Å². The number of hydrogen-bond acceptors (Lipinski definition) is 2. The maximum Gasteiger partial charge on any atom is 0.258 e. The van der Waals surface area contributed by atoms with Crippen molar-refractivity contribution in [1.29, 1.82) is 0 Å². The Morgan fingerprint density at radius 2 is 2.10 bits per heavy atom. The van der Waals surface area contributed by atoms with Gasteiger partial charge in [-0.15, -0.1) is 0 Å². The second-order valence-electron chi connectivity index (χ2n) is 5.04. The maximum absolute atomic E-state index is 12.2. The van der Waals surface area contributed by atoms with E-state index in [1.54, 1.807) is 6.07 Å². The summed E-state index contributed by atoms with van der Waals surface area (Å²) in [4.78, 5) is 15.8. The van der Waals surface area contributed by atoms with Gasteiger partial charge in [-0.3, -0.25) is 10.1 Å². The van der Waals surface area contributed by atoms with Crippen LogP contribution in [0.1, 0.15) is 16.8 Å². The van der Waals surface area contributed by atoms with E-state index >= 15 is 0 Å². The van der Waals surface area contributed by atoms with Gasteiger partial charge in [0.15, 0.2) is 5.11 Å². The molecular formula is C14H19BrN3OS+. The van der Waals surface area contributed by atoms with Crippen molar-refractivity contribution in [2.45, 2.75) is 6.42 Å². The third kappa shape index (κ3) is 4.01. The van der Waals surface area contributed by atoms with Gasteiger partial charge in [0.05, 0.1) is 32.2 Å². The van der Waals surface area contributed by atoms with Gasteiger partial charge in [-0.25, -0.2) is 0 Å². The van der Waals surface area contributed by atoms with E-state index in [1.165, 1.54) is 4.90 Å².